The van der Waals surface area contributed by atoms with Gasteiger partial charge in [-0.05, 0) is 44.2 Å². The molecule has 2 saturated carbocycles. The first-order chi connectivity index (χ1) is 10.1. The third kappa shape index (κ3) is 3.44. The van der Waals surface area contributed by atoms with E-state index in [9.17, 15) is 4.79 Å². The van der Waals surface area contributed by atoms with Gasteiger partial charge in [-0.3, -0.25) is 10.1 Å². The quantitative estimate of drug-likeness (QED) is 0.761. The summed E-state index contributed by atoms with van der Waals surface area (Å²) in [6.45, 7) is 1.69. The third-order valence-corrected chi connectivity index (χ3v) is 4.49. The number of hydrogen-bond acceptors (Lipinski definition) is 3. The Kier molecular flexibility index (Phi) is 4.00. The van der Waals surface area contributed by atoms with E-state index in [4.69, 9.17) is 5.73 Å². The zero-order valence-corrected chi connectivity index (χ0v) is 12.7. The van der Waals surface area contributed by atoms with Gasteiger partial charge in [0.1, 0.15) is 5.54 Å². The summed E-state index contributed by atoms with van der Waals surface area (Å²) >= 11 is 0. The highest BCUT2D eigenvalue weighted by atomic mass is 16.1. The summed E-state index contributed by atoms with van der Waals surface area (Å²) in [5, 5.41) is 3.53. The normalized spacial score (nSPS) is 21.2. The molecule has 0 spiro atoms. The van der Waals surface area contributed by atoms with Gasteiger partial charge in [0.2, 0.25) is 5.91 Å². The zero-order valence-electron chi connectivity index (χ0n) is 12.7. The average molecular weight is 287 g/mol. The molecule has 3 N–H and O–H groups in total. The second-order valence-corrected chi connectivity index (χ2v) is 6.69. The van der Waals surface area contributed by atoms with E-state index in [1.165, 1.54) is 12.8 Å². The van der Waals surface area contributed by atoms with Gasteiger partial charge in [0, 0.05) is 19.1 Å². The molecule has 1 unspecified atom stereocenters. The van der Waals surface area contributed by atoms with Crippen molar-refractivity contribution in [2.24, 2.45) is 11.7 Å². The molecule has 1 atom stereocenters. The maximum absolute atomic E-state index is 12.4. The van der Waals surface area contributed by atoms with Crippen LogP contribution < -0.4 is 11.1 Å². The summed E-state index contributed by atoms with van der Waals surface area (Å²) in [5.74, 6) is 0.528. The van der Waals surface area contributed by atoms with Crippen LogP contribution in [-0.2, 0) is 10.3 Å². The molecular weight excluding hydrogens is 262 g/mol. The number of nitrogens with two attached hydrogens (primary N) is 1. The largest absolute Gasteiger partial charge is 0.368 e. The highest BCUT2D eigenvalue weighted by Crippen LogP contribution is 2.32. The number of nitrogens with zero attached hydrogens (tertiary/aromatic N) is 1. The molecule has 0 aliphatic heterocycles. The molecule has 0 saturated heterocycles. The molecule has 1 amide bonds. The molecule has 0 radical (unpaired) electrons. The molecule has 1 aromatic carbocycles. The lowest BCUT2D eigenvalue weighted by Crippen LogP contribution is -2.59. The molecule has 2 aliphatic carbocycles. The predicted octanol–water partition coefficient (Wildman–Crippen LogP) is 1.46. The number of amides is 1. The van der Waals surface area contributed by atoms with Crippen LogP contribution in [0.25, 0.3) is 0 Å². The van der Waals surface area contributed by atoms with Gasteiger partial charge >= 0.3 is 0 Å². The fraction of sp³-hybridized carbons (Fsp3) is 0.588. The van der Waals surface area contributed by atoms with Crippen molar-refractivity contribution in [3.05, 3.63) is 35.9 Å². The fourth-order valence-electron chi connectivity index (χ4n) is 3.02. The topological polar surface area (TPSA) is 58.4 Å². The van der Waals surface area contributed by atoms with Crippen LogP contribution >= 0.6 is 0 Å². The van der Waals surface area contributed by atoms with Gasteiger partial charge in [-0.25, -0.2) is 0 Å². The maximum atomic E-state index is 12.4. The average Bonchev–Trinajstić information content (AvgIpc) is 3.35. The van der Waals surface area contributed by atoms with Crippen molar-refractivity contribution >= 4 is 5.91 Å². The lowest BCUT2D eigenvalue weighted by atomic mass is 9.88. The second-order valence-electron chi connectivity index (χ2n) is 6.69. The number of benzene rings is 1. The number of hydrogen-bond donors (Lipinski definition) is 2. The van der Waals surface area contributed by atoms with Crippen LogP contribution in [0.2, 0.25) is 0 Å². The third-order valence-electron chi connectivity index (χ3n) is 4.49. The van der Waals surface area contributed by atoms with Gasteiger partial charge in [-0.15, -0.1) is 0 Å². The van der Waals surface area contributed by atoms with Crippen LogP contribution in [0.4, 0.5) is 0 Å². The lowest BCUT2D eigenvalue weighted by Gasteiger charge is -2.36. The van der Waals surface area contributed by atoms with E-state index in [1.807, 2.05) is 30.3 Å². The molecule has 2 fully saturated rings. The summed E-state index contributed by atoms with van der Waals surface area (Å²) in [4.78, 5) is 14.6. The first-order valence-electron chi connectivity index (χ1n) is 7.92. The van der Waals surface area contributed by atoms with Gasteiger partial charge in [-0.1, -0.05) is 30.3 Å². The van der Waals surface area contributed by atoms with Crippen molar-refractivity contribution in [2.45, 2.75) is 37.3 Å². The number of primary amides is 1. The van der Waals surface area contributed by atoms with Crippen LogP contribution in [0.15, 0.2) is 30.3 Å². The Hall–Kier alpha value is -1.39. The highest BCUT2D eigenvalue weighted by molar-refractivity contribution is 5.86. The van der Waals surface area contributed by atoms with E-state index in [-0.39, 0.29) is 5.91 Å². The van der Waals surface area contributed by atoms with Gasteiger partial charge in [0.15, 0.2) is 0 Å². The molecule has 4 nitrogen and oxygen atoms in total. The molecule has 0 heterocycles. The summed E-state index contributed by atoms with van der Waals surface area (Å²) in [6, 6.07) is 10.4. The van der Waals surface area contributed by atoms with Crippen LogP contribution in [0.3, 0.4) is 0 Å². The minimum atomic E-state index is -0.772. The predicted molar refractivity (Wildman–Crippen MR) is 83.7 cm³/mol. The summed E-state index contributed by atoms with van der Waals surface area (Å²) in [7, 11) is 2.09. The van der Waals surface area contributed by atoms with Crippen molar-refractivity contribution in [2.75, 3.05) is 20.1 Å². The molecule has 0 bridgehead atoms. The van der Waals surface area contributed by atoms with Crippen molar-refractivity contribution in [1.82, 2.24) is 10.2 Å². The number of rotatable bonds is 8. The van der Waals surface area contributed by atoms with E-state index in [0.717, 1.165) is 30.9 Å². The Morgan fingerprint density at radius 2 is 1.95 bits per heavy atom. The number of likely N-dealkylation sites (N-methyl/N-ethyl adjacent to an activating group) is 1. The molecule has 21 heavy (non-hydrogen) atoms. The Bertz CT molecular complexity index is 496. The fourth-order valence-corrected chi connectivity index (χ4v) is 3.02. The Morgan fingerprint density at radius 1 is 1.29 bits per heavy atom. The Labute approximate surface area is 126 Å². The summed E-state index contributed by atoms with van der Waals surface area (Å²) in [5.41, 5.74) is 6.05. The zero-order chi connectivity index (χ0) is 14.9. The molecular formula is C17H25N3O. The molecule has 4 heteroatoms. The van der Waals surface area contributed by atoms with Crippen LogP contribution in [0.1, 0.15) is 31.2 Å². The van der Waals surface area contributed by atoms with Crippen molar-refractivity contribution < 1.29 is 4.79 Å². The smallest absolute Gasteiger partial charge is 0.243 e. The first kappa shape index (κ1) is 14.5. The van der Waals surface area contributed by atoms with E-state index in [0.29, 0.717) is 12.6 Å². The Balaban J connectivity index is 1.85. The first-order valence-corrected chi connectivity index (χ1v) is 7.92. The second kappa shape index (κ2) is 5.78. The summed E-state index contributed by atoms with van der Waals surface area (Å²) in [6.07, 6.45) is 4.90. The molecule has 0 aromatic heterocycles. The van der Waals surface area contributed by atoms with Crippen molar-refractivity contribution in [3.8, 4) is 0 Å². The minimum Gasteiger partial charge on any atom is -0.368 e. The lowest BCUT2D eigenvalue weighted by molar-refractivity contribution is -0.125. The van der Waals surface area contributed by atoms with Gasteiger partial charge in [-0.2, -0.15) is 0 Å². The monoisotopic (exact) mass is 287 g/mol. The van der Waals surface area contributed by atoms with Crippen molar-refractivity contribution in [3.63, 3.8) is 0 Å². The van der Waals surface area contributed by atoms with Crippen LogP contribution in [0, 0.1) is 5.92 Å². The van der Waals surface area contributed by atoms with E-state index in [2.05, 4.69) is 17.3 Å². The van der Waals surface area contributed by atoms with Gasteiger partial charge in [0.05, 0.1) is 0 Å². The maximum Gasteiger partial charge on any atom is 0.243 e. The van der Waals surface area contributed by atoms with Crippen LogP contribution in [-0.4, -0.2) is 37.0 Å². The van der Waals surface area contributed by atoms with Gasteiger partial charge in [0.25, 0.3) is 0 Å². The molecule has 2 aliphatic rings. The molecule has 3 rings (SSSR count). The molecule has 1 aromatic rings. The number of carbonyl (C=O) groups excluding carboxylic acids is 1. The molecule has 114 valence electrons. The number of nitrogens with one attached hydrogen (secondary N) is 1. The standard InChI is InChI=1S/C17H25N3O/c1-20(11-13-7-8-13)12-17(16(18)21,19-15-9-10-15)14-5-3-2-4-6-14/h2-6,13,15,19H,7-12H2,1H3,(H2,18,21). The SMILES string of the molecule is CN(CC1CC1)CC(NC1CC1)(C(N)=O)c1ccccc1. The van der Waals surface area contributed by atoms with Gasteiger partial charge < -0.3 is 10.6 Å². The van der Waals surface area contributed by atoms with E-state index in [1.54, 1.807) is 0 Å². The summed E-state index contributed by atoms with van der Waals surface area (Å²) < 4.78 is 0. The minimum absolute atomic E-state index is 0.275. The Morgan fingerprint density at radius 3 is 2.48 bits per heavy atom. The highest BCUT2D eigenvalue weighted by Gasteiger charge is 2.43. The van der Waals surface area contributed by atoms with Crippen LogP contribution in [0.5, 0.6) is 0 Å². The van der Waals surface area contributed by atoms with E-state index >= 15 is 0 Å². The van der Waals surface area contributed by atoms with E-state index < -0.39 is 5.54 Å². The number of carbonyl (C=O) groups is 1. The van der Waals surface area contributed by atoms with Crippen molar-refractivity contribution in [1.29, 1.82) is 0 Å².